The summed E-state index contributed by atoms with van der Waals surface area (Å²) in [7, 11) is -2.80. The molecule has 0 aromatic rings. The van der Waals surface area contributed by atoms with E-state index in [0.29, 0.717) is 24.7 Å². The summed E-state index contributed by atoms with van der Waals surface area (Å²) in [6.07, 6.45) is 2.79. The Morgan fingerprint density at radius 2 is 2.27 bits per heavy atom. The Labute approximate surface area is 91.1 Å². The SMILES string of the molecule is NCC1(C2CCS(=O)(=O)C2)CCCOC1. The average Bonchev–Trinajstić information content (AvgIpc) is 2.60. The summed E-state index contributed by atoms with van der Waals surface area (Å²) in [6.45, 7) is 1.98. The van der Waals surface area contributed by atoms with E-state index in [1.54, 1.807) is 0 Å². The fraction of sp³-hybridized carbons (Fsp3) is 1.00. The summed E-state index contributed by atoms with van der Waals surface area (Å²) < 4.78 is 28.4. The van der Waals surface area contributed by atoms with Gasteiger partial charge in [-0.15, -0.1) is 0 Å². The minimum absolute atomic E-state index is 0.0676. The fourth-order valence-corrected chi connectivity index (χ4v) is 4.75. The molecular weight excluding hydrogens is 214 g/mol. The first-order valence-corrected chi connectivity index (χ1v) is 7.38. The van der Waals surface area contributed by atoms with Gasteiger partial charge in [-0.2, -0.15) is 0 Å². The van der Waals surface area contributed by atoms with Crippen LogP contribution in [0.3, 0.4) is 0 Å². The third-order valence-electron chi connectivity index (χ3n) is 3.86. The average molecular weight is 233 g/mol. The van der Waals surface area contributed by atoms with E-state index in [2.05, 4.69) is 0 Å². The normalized spacial score (nSPS) is 40.5. The first-order valence-electron chi connectivity index (χ1n) is 5.56. The molecule has 15 heavy (non-hydrogen) atoms. The lowest BCUT2D eigenvalue weighted by Gasteiger charge is -2.40. The van der Waals surface area contributed by atoms with Crippen LogP contribution >= 0.6 is 0 Å². The van der Waals surface area contributed by atoms with Crippen LogP contribution in [0.1, 0.15) is 19.3 Å². The molecule has 4 nitrogen and oxygen atoms in total. The van der Waals surface area contributed by atoms with Gasteiger partial charge in [0.15, 0.2) is 9.84 Å². The molecule has 0 aromatic heterocycles. The van der Waals surface area contributed by atoms with Gasteiger partial charge in [-0.25, -0.2) is 8.42 Å². The molecule has 88 valence electrons. The van der Waals surface area contributed by atoms with E-state index in [-0.39, 0.29) is 11.3 Å². The number of hydrogen-bond acceptors (Lipinski definition) is 4. The van der Waals surface area contributed by atoms with Crippen LogP contribution in [0.5, 0.6) is 0 Å². The third-order valence-corrected chi connectivity index (χ3v) is 5.63. The van der Waals surface area contributed by atoms with Gasteiger partial charge < -0.3 is 10.5 Å². The van der Waals surface area contributed by atoms with Crippen LogP contribution in [0.25, 0.3) is 0 Å². The summed E-state index contributed by atoms with van der Waals surface area (Å²) in [6, 6.07) is 0. The van der Waals surface area contributed by atoms with Crippen LogP contribution in [0.15, 0.2) is 0 Å². The Morgan fingerprint density at radius 3 is 2.73 bits per heavy atom. The van der Waals surface area contributed by atoms with Crippen molar-refractivity contribution in [2.24, 2.45) is 17.1 Å². The Morgan fingerprint density at radius 1 is 1.47 bits per heavy atom. The van der Waals surface area contributed by atoms with Crippen LogP contribution in [0.2, 0.25) is 0 Å². The van der Waals surface area contributed by atoms with Gasteiger partial charge in [0.2, 0.25) is 0 Å². The summed E-state index contributed by atoms with van der Waals surface area (Å²) in [4.78, 5) is 0. The summed E-state index contributed by atoms with van der Waals surface area (Å²) in [5.41, 5.74) is 5.76. The molecule has 0 amide bonds. The fourth-order valence-electron chi connectivity index (χ4n) is 2.80. The zero-order valence-corrected chi connectivity index (χ0v) is 9.76. The highest BCUT2D eigenvalue weighted by Gasteiger charge is 2.44. The molecule has 0 bridgehead atoms. The molecule has 0 aliphatic carbocycles. The smallest absolute Gasteiger partial charge is 0.150 e. The Bertz CT molecular complexity index is 320. The molecule has 2 atom stereocenters. The second-order valence-corrected chi connectivity index (χ2v) is 7.05. The predicted octanol–water partition coefficient (Wildman–Crippen LogP) is 0.177. The van der Waals surface area contributed by atoms with Gasteiger partial charge in [0.1, 0.15) is 0 Å². The maximum absolute atomic E-state index is 11.5. The highest BCUT2D eigenvalue weighted by molar-refractivity contribution is 7.91. The Balaban J connectivity index is 2.13. The third kappa shape index (κ3) is 2.19. The lowest BCUT2D eigenvalue weighted by molar-refractivity contribution is -0.0310. The van der Waals surface area contributed by atoms with Crippen molar-refractivity contribution < 1.29 is 13.2 Å². The van der Waals surface area contributed by atoms with Crippen molar-refractivity contribution in [1.82, 2.24) is 0 Å². The lowest BCUT2D eigenvalue weighted by atomic mass is 9.71. The molecule has 0 saturated carbocycles. The zero-order valence-electron chi connectivity index (χ0n) is 8.94. The Hall–Kier alpha value is -0.130. The molecule has 2 unspecified atom stereocenters. The van der Waals surface area contributed by atoms with Gasteiger partial charge in [0, 0.05) is 18.6 Å². The number of sulfone groups is 1. The minimum Gasteiger partial charge on any atom is -0.381 e. The summed E-state index contributed by atoms with van der Waals surface area (Å²) in [5, 5.41) is 0. The van der Waals surface area contributed by atoms with Crippen molar-refractivity contribution in [3.63, 3.8) is 0 Å². The van der Waals surface area contributed by atoms with Crippen LogP contribution in [-0.2, 0) is 14.6 Å². The monoisotopic (exact) mass is 233 g/mol. The van der Waals surface area contributed by atoms with Gasteiger partial charge in [0.05, 0.1) is 18.1 Å². The molecule has 2 heterocycles. The molecule has 2 rings (SSSR count). The van der Waals surface area contributed by atoms with Crippen molar-refractivity contribution in [2.75, 3.05) is 31.3 Å². The largest absolute Gasteiger partial charge is 0.381 e. The molecule has 2 aliphatic rings. The number of rotatable bonds is 2. The molecule has 0 radical (unpaired) electrons. The van der Waals surface area contributed by atoms with Gasteiger partial charge in [0.25, 0.3) is 0 Å². The standard InChI is InChI=1S/C10H19NO3S/c11-7-10(3-1-4-14-8-10)9-2-5-15(12,13)6-9/h9H,1-8,11H2. The second kappa shape index (κ2) is 4.03. The quantitative estimate of drug-likeness (QED) is 0.738. The molecule has 0 spiro atoms. The first kappa shape index (κ1) is 11.4. The van der Waals surface area contributed by atoms with E-state index in [9.17, 15) is 8.42 Å². The Kier molecular flexibility index (Phi) is 3.05. The van der Waals surface area contributed by atoms with E-state index in [1.807, 2.05) is 0 Å². The maximum atomic E-state index is 11.5. The van der Waals surface area contributed by atoms with E-state index in [1.165, 1.54) is 0 Å². The lowest BCUT2D eigenvalue weighted by Crippen LogP contribution is -2.45. The topological polar surface area (TPSA) is 69.4 Å². The van der Waals surface area contributed by atoms with Crippen LogP contribution < -0.4 is 5.73 Å². The molecule has 2 saturated heterocycles. The van der Waals surface area contributed by atoms with Crippen LogP contribution in [0.4, 0.5) is 0 Å². The first-order chi connectivity index (χ1) is 7.08. The highest BCUT2D eigenvalue weighted by Crippen LogP contribution is 2.41. The van der Waals surface area contributed by atoms with Crippen molar-refractivity contribution in [2.45, 2.75) is 19.3 Å². The van der Waals surface area contributed by atoms with E-state index < -0.39 is 9.84 Å². The molecule has 2 N–H and O–H groups in total. The van der Waals surface area contributed by atoms with Crippen molar-refractivity contribution in [1.29, 1.82) is 0 Å². The van der Waals surface area contributed by atoms with E-state index >= 15 is 0 Å². The minimum atomic E-state index is -2.80. The van der Waals surface area contributed by atoms with Gasteiger partial charge in [-0.3, -0.25) is 0 Å². The maximum Gasteiger partial charge on any atom is 0.150 e. The molecule has 5 heteroatoms. The molecular formula is C10H19NO3S. The number of ether oxygens (including phenoxy) is 1. The summed E-state index contributed by atoms with van der Waals surface area (Å²) in [5.74, 6) is 0.861. The number of nitrogens with two attached hydrogens (primary N) is 1. The highest BCUT2D eigenvalue weighted by atomic mass is 32.2. The van der Waals surface area contributed by atoms with Crippen molar-refractivity contribution >= 4 is 9.84 Å². The zero-order chi connectivity index (χ0) is 10.9. The van der Waals surface area contributed by atoms with Crippen LogP contribution in [0, 0.1) is 11.3 Å². The second-order valence-electron chi connectivity index (χ2n) is 4.82. The van der Waals surface area contributed by atoms with E-state index in [4.69, 9.17) is 10.5 Å². The summed E-state index contributed by atoms with van der Waals surface area (Å²) >= 11 is 0. The van der Waals surface area contributed by atoms with E-state index in [0.717, 1.165) is 25.9 Å². The number of hydrogen-bond donors (Lipinski definition) is 1. The van der Waals surface area contributed by atoms with Gasteiger partial charge >= 0.3 is 0 Å². The van der Waals surface area contributed by atoms with Gasteiger partial charge in [-0.1, -0.05) is 0 Å². The van der Waals surface area contributed by atoms with Crippen molar-refractivity contribution in [3.8, 4) is 0 Å². The molecule has 2 aliphatic heterocycles. The predicted molar refractivity (Wildman–Crippen MR) is 58.3 cm³/mol. The molecule has 2 fully saturated rings. The van der Waals surface area contributed by atoms with Crippen molar-refractivity contribution in [3.05, 3.63) is 0 Å². The van der Waals surface area contributed by atoms with Gasteiger partial charge in [-0.05, 0) is 25.2 Å². The molecule has 0 aromatic carbocycles. The van der Waals surface area contributed by atoms with Crippen LogP contribution in [-0.4, -0.2) is 39.7 Å².